The number of phenols is 1. The molecule has 0 aromatic heterocycles. The number of nitrogens with one attached hydrogen (secondary N) is 2. The van der Waals surface area contributed by atoms with Crippen molar-refractivity contribution < 1.29 is 9.90 Å². The molecule has 9 heteroatoms. The van der Waals surface area contributed by atoms with Crippen molar-refractivity contribution in [3.8, 4) is 5.75 Å². The van der Waals surface area contributed by atoms with Gasteiger partial charge in [0, 0.05) is 0 Å². The molecule has 2 aromatic carbocycles. The molecular weight excluding hydrogens is 476 g/mol. The number of amidine groups is 1. The Morgan fingerprint density at radius 3 is 2.33 bits per heavy atom. The number of alkyl halides is 3. The number of anilines is 1. The normalized spacial score (nSPS) is 13.4. The van der Waals surface area contributed by atoms with Crippen molar-refractivity contribution in [3.05, 3.63) is 66.2 Å². The zero-order chi connectivity index (χ0) is 19.9. The topological polar surface area (TPSA) is 73.7 Å². The monoisotopic (exact) mass is 490 g/mol. The van der Waals surface area contributed by atoms with Crippen molar-refractivity contribution in [3.63, 3.8) is 0 Å². The Morgan fingerprint density at radius 2 is 1.74 bits per heavy atom. The van der Waals surface area contributed by atoms with E-state index in [-0.39, 0.29) is 5.75 Å². The molecule has 0 spiro atoms. The molecule has 1 amide bonds. The first-order valence-corrected chi connectivity index (χ1v) is 9.64. The van der Waals surface area contributed by atoms with Gasteiger partial charge in [-0.05, 0) is 0 Å². The summed E-state index contributed by atoms with van der Waals surface area (Å²) >= 11 is 20.5. The molecule has 0 heterocycles. The number of aromatic hydroxyl groups is 1. The minimum atomic E-state index is -1.86. The van der Waals surface area contributed by atoms with E-state index in [9.17, 15) is 9.90 Å². The Morgan fingerprint density at radius 1 is 1.11 bits per heavy atom. The average Bonchev–Trinajstić information content (AvgIpc) is 2.61. The van der Waals surface area contributed by atoms with Crippen LogP contribution in [0.1, 0.15) is 5.56 Å². The van der Waals surface area contributed by atoms with Gasteiger partial charge >= 0.3 is 181 Å². The van der Waals surface area contributed by atoms with E-state index in [4.69, 9.17) is 34.8 Å². The first-order chi connectivity index (χ1) is 12.7. The van der Waals surface area contributed by atoms with E-state index in [1.807, 2.05) is 30.3 Å². The number of aliphatic imine (C=N–C) groups is 1. The van der Waals surface area contributed by atoms with Crippen molar-refractivity contribution in [2.24, 2.45) is 4.99 Å². The summed E-state index contributed by atoms with van der Waals surface area (Å²) in [7, 11) is 0. The number of rotatable bonds is 5. The first-order valence-electron chi connectivity index (χ1n) is 7.65. The third kappa shape index (κ3) is 7.83. The molecule has 5 nitrogen and oxygen atoms in total. The summed E-state index contributed by atoms with van der Waals surface area (Å²) < 4.78 is -1.56. The molecule has 0 saturated carbocycles. The van der Waals surface area contributed by atoms with Crippen LogP contribution in [-0.2, 0) is 4.79 Å². The zero-order valence-corrected chi connectivity index (χ0v) is 17.8. The van der Waals surface area contributed by atoms with E-state index in [1.54, 1.807) is 18.2 Å². The zero-order valence-electron chi connectivity index (χ0n) is 13.8. The van der Waals surface area contributed by atoms with Gasteiger partial charge in [0.1, 0.15) is 0 Å². The van der Waals surface area contributed by atoms with Crippen LogP contribution in [0.2, 0.25) is 0 Å². The van der Waals surface area contributed by atoms with Crippen LogP contribution in [0.15, 0.2) is 65.7 Å². The fraction of sp³-hybridized carbons (Fsp3) is 0.111. The third-order valence-corrected chi connectivity index (χ3v) is 4.24. The predicted molar refractivity (Wildman–Crippen MR) is 113 cm³/mol. The number of nitrogens with zero attached hydrogens (tertiary/aromatic N) is 1. The Bertz CT molecular complexity index is 822. The van der Waals surface area contributed by atoms with Gasteiger partial charge in [-0.3, -0.25) is 0 Å². The first kappa shape index (κ1) is 21.6. The Balaban J connectivity index is 2.06. The summed E-state index contributed by atoms with van der Waals surface area (Å²) in [5, 5.41) is 14.8. The SMILES string of the molecule is O=C(/C=C/c1ccccc1)NC(N=C([Se])Nc1ccc(O)cc1)C(Cl)(Cl)Cl. The van der Waals surface area contributed by atoms with Crippen LogP contribution in [0, 0.1) is 0 Å². The fourth-order valence-electron chi connectivity index (χ4n) is 1.92. The van der Waals surface area contributed by atoms with Gasteiger partial charge in [0.15, 0.2) is 0 Å². The summed E-state index contributed by atoms with van der Waals surface area (Å²) in [4.78, 5) is 16.3. The van der Waals surface area contributed by atoms with Gasteiger partial charge < -0.3 is 0 Å². The molecule has 1 radical (unpaired) electrons. The van der Waals surface area contributed by atoms with Crippen LogP contribution < -0.4 is 10.6 Å². The second kappa shape index (κ2) is 10.0. The molecule has 2 rings (SSSR count). The van der Waals surface area contributed by atoms with E-state index in [1.165, 1.54) is 18.2 Å². The number of carbonyl (C=O) groups is 1. The number of hydrogen-bond acceptors (Lipinski definition) is 3. The maximum absolute atomic E-state index is 12.1. The van der Waals surface area contributed by atoms with Crippen LogP contribution >= 0.6 is 34.8 Å². The number of phenolic OH excluding ortho intramolecular Hbond substituents is 1. The van der Waals surface area contributed by atoms with Gasteiger partial charge in [0.05, 0.1) is 0 Å². The molecule has 0 aliphatic carbocycles. The fourth-order valence-corrected chi connectivity index (χ4v) is 2.70. The van der Waals surface area contributed by atoms with Crippen molar-refractivity contribution >= 4 is 73.2 Å². The predicted octanol–water partition coefficient (Wildman–Crippen LogP) is 3.85. The molecule has 1 atom stereocenters. The average molecular weight is 491 g/mol. The standard InChI is InChI=1S/C18H15Cl3N3O2Se/c19-18(20,21)16(23-15(26)11-6-12-4-2-1-3-5-12)24-17(27)22-13-7-9-14(25)10-8-13/h1-11,16,25H,(H,22,24)(H,23,26)/b11-6+. The van der Waals surface area contributed by atoms with Crippen molar-refractivity contribution in [1.82, 2.24) is 5.32 Å². The molecule has 27 heavy (non-hydrogen) atoms. The number of carbonyl (C=O) groups excluding carboxylic acids is 1. The van der Waals surface area contributed by atoms with Crippen LogP contribution in [0.4, 0.5) is 5.69 Å². The van der Waals surface area contributed by atoms with E-state index in [0.29, 0.717) is 10.4 Å². The molecule has 0 aliphatic rings. The van der Waals surface area contributed by atoms with E-state index in [0.717, 1.165) is 5.56 Å². The molecule has 0 saturated heterocycles. The van der Waals surface area contributed by atoms with Gasteiger partial charge in [0.25, 0.3) is 0 Å². The van der Waals surface area contributed by atoms with Crippen molar-refractivity contribution in [2.75, 3.05) is 5.32 Å². The van der Waals surface area contributed by atoms with Gasteiger partial charge in [-0.15, -0.1) is 0 Å². The van der Waals surface area contributed by atoms with Crippen LogP contribution in [0.5, 0.6) is 5.75 Å². The minimum absolute atomic E-state index is 0.135. The summed E-state index contributed by atoms with van der Waals surface area (Å²) in [6, 6.07) is 15.6. The van der Waals surface area contributed by atoms with Crippen molar-refractivity contribution in [1.29, 1.82) is 0 Å². The van der Waals surface area contributed by atoms with E-state index >= 15 is 0 Å². The van der Waals surface area contributed by atoms with Gasteiger partial charge in [-0.25, -0.2) is 0 Å². The molecule has 1 unspecified atom stereocenters. The molecule has 0 fully saturated rings. The second-order valence-electron chi connectivity index (χ2n) is 5.30. The second-order valence-corrected chi connectivity index (χ2v) is 8.48. The van der Waals surface area contributed by atoms with E-state index < -0.39 is 15.9 Å². The quantitative estimate of drug-likeness (QED) is 0.149. The summed E-state index contributed by atoms with van der Waals surface area (Å²) in [6.07, 6.45) is 1.85. The molecular formula is C18H15Cl3N3O2Se. The Hall–Kier alpha value is -1.69. The van der Waals surface area contributed by atoms with Gasteiger partial charge in [0.2, 0.25) is 0 Å². The Labute approximate surface area is 180 Å². The molecule has 3 N–H and O–H groups in total. The molecule has 2 aromatic rings. The number of hydrogen-bond donors (Lipinski definition) is 3. The summed E-state index contributed by atoms with van der Waals surface area (Å²) in [6.45, 7) is 0. The van der Waals surface area contributed by atoms with Crippen LogP contribution in [-0.4, -0.2) is 41.7 Å². The van der Waals surface area contributed by atoms with E-state index in [2.05, 4.69) is 31.6 Å². The summed E-state index contributed by atoms with van der Waals surface area (Å²) in [5.41, 5.74) is 1.52. The van der Waals surface area contributed by atoms with Crippen molar-refractivity contribution in [2.45, 2.75) is 9.96 Å². The number of benzene rings is 2. The van der Waals surface area contributed by atoms with Crippen LogP contribution in [0.25, 0.3) is 6.08 Å². The third-order valence-electron chi connectivity index (χ3n) is 3.18. The van der Waals surface area contributed by atoms with Crippen LogP contribution in [0.3, 0.4) is 0 Å². The number of amides is 1. The summed E-state index contributed by atoms with van der Waals surface area (Å²) in [5.74, 6) is -0.327. The number of halogens is 3. The van der Waals surface area contributed by atoms with Gasteiger partial charge in [-0.1, -0.05) is 0 Å². The molecule has 0 bridgehead atoms. The molecule has 141 valence electrons. The Kier molecular flexibility index (Phi) is 8.02. The van der Waals surface area contributed by atoms with Gasteiger partial charge in [-0.2, -0.15) is 0 Å². The molecule has 0 aliphatic heterocycles. The maximum atomic E-state index is 12.1.